The Kier molecular flexibility index (Phi) is 3.46. The topological polar surface area (TPSA) is 75.4 Å². The minimum Gasteiger partial charge on any atom is -0.397 e. The molecular formula is C11H16N2O2S. The molecule has 0 radical (unpaired) electrons. The average Bonchev–Trinajstić information content (AvgIpc) is 2.68. The molecule has 0 saturated heterocycles. The highest BCUT2D eigenvalue weighted by molar-refractivity contribution is 7.12. The molecule has 1 amide bonds. The van der Waals surface area contributed by atoms with Gasteiger partial charge >= 0.3 is 0 Å². The normalized spacial score (nSPS) is 25.3. The van der Waals surface area contributed by atoms with Crippen LogP contribution in [0.2, 0.25) is 0 Å². The van der Waals surface area contributed by atoms with Crippen molar-refractivity contribution in [2.45, 2.75) is 37.8 Å². The second-order valence-electron chi connectivity index (χ2n) is 4.14. The molecule has 0 aliphatic heterocycles. The summed E-state index contributed by atoms with van der Waals surface area (Å²) in [4.78, 5) is 12.4. The van der Waals surface area contributed by atoms with E-state index in [0.29, 0.717) is 10.6 Å². The number of nitrogens with two attached hydrogens (primary N) is 1. The number of aliphatic hydroxyl groups is 1. The van der Waals surface area contributed by atoms with Crippen LogP contribution in [0.3, 0.4) is 0 Å². The first kappa shape index (κ1) is 11.4. The molecule has 1 saturated carbocycles. The standard InChI is InChI=1S/C11H16N2O2S/c12-7-5-6-16-10(7)11(15)13-8-3-1-2-4-9(8)14/h5-6,8-9,14H,1-4,12H2,(H,13,15). The third-order valence-corrected chi connectivity index (χ3v) is 3.88. The second kappa shape index (κ2) is 4.84. The van der Waals surface area contributed by atoms with Crippen molar-refractivity contribution in [1.29, 1.82) is 0 Å². The van der Waals surface area contributed by atoms with Gasteiger partial charge in [0.15, 0.2) is 0 Å². The van der Waals surface area contributed by atoms with Crippen LogP contribution in [0.5, 0.6) is 0 Å². The molecule has 5 heteroatoms. The number of nitrogen functional groups attached to an aromatic ring is 1. The summed E-state index contributed by atoms with van der Waals surface area (Å²) in [6, 6.07) is 1.60. The van der Waals surface area contributed by atoms with E-state index in [-0.39, 0.29) is 11.9 Å². The molecule has 2 unspecified atom stereocenters. The zero-order valence-electron chi connectivity index (χ0n) is 8.98. The second-order valence-corrected chi connectivity index (χ2v) is 5.05. The summed E-state index contributed by atoms with van der Waals surface area (Å²) in [7, 11) is 0. The van der Waals surface area contributed by atoms with Crippen LogP contribution in [0.15, 0.2) is 11.4 Å². The van der Waals surface area contributed by atoms with E-state index in [1.165, 1.54) is 11.3 Å². The zero-order valence-corrected chi connectivity index (χ0v) is 9.80. The molecule has 4 N–H and O–H groups in total. The van der Waals surface area contributed by atoms with Crippen molar-refractivity contribution in [3.8, 4) is 0 Å². The summed E-state index contributed by atoms with van der Waals surface area (Å²) >= 11 is 1.33. The lowest BCUT2D eigenvalue weighted by molar-refractivity contribution is 0.0720. The minimum atomic E-state index is -0.418. The lowest BCUT2D eigenvalue weighted by atomic mass is 9.92. The van der Waals surface area contributed by atoms with E-state index in [0.717, 1.165) is 25.7 Å². The molecule has 1 aliphatic carbocycles. The first-order valence-electron chi connectivity index (χ1n) is 5.50. The molecule has 4 nitrogen and oxygen atoms in total. The predicted molar refractivity (Wildman–Crippen MR) is 64.5 cm³/mol. The SMILES string of the molecule is Nc1ccsc1C(=O)NC1CCCCC1O. The Balaban J connectivity index is 1.99. The van der Waals surface area contributed by atoms with Gasteiger partial charge in [-0.1, -0.05) is 12.8 Å². The van der Waals surface area contributed by atoms with Crippen molar-refractivity contribution in [3.63, 3.8) is 0 Å². The van der Waals surface area contributed by atoms with Crippen LogP contribution in [-0.2, 0) is 0 Å². The summed E-state index contributed by atoms with van der Waals surface area (Å²) in [6.07, 6.45) is 3.29. The molecule has 0 bridgehead atoms. The van der Waals surface area contributed by atoms with Crippen molar-refractivity contribution in [2.75, 3.05) is 5.73 Å². The number of carbonyl (C=O) groups is 1. The number of aliphatic hydroxyl groups excluding tert-OH is 1. The maximum atomic E-state index is 11.8. The van der Waals surface area contributed by atoms with Crippen molar-refractivity contribution < 1.29 is 9.90 Å². The highest BCUT2D eigenvalue weighted by Crippen LogP contribution is 2.22. The zero-order chi connectivity index (χ0) is 11.5. The average molecular weight is 240 g/mol. The maximum Gasteiger partial charge on any atom is 0.263 e. The van der Waals surface area contributed by atoms with Gasteiger partial charge in [-0.2, -0.15) is 0 Å². The fraction of sp³-hybridized carbons (Fsp3) is 0.545. The van der Waals surface area contributed by atoms with Gasteiger partial charge in [-0.25, -0.2) is 0 Å². The van der Waals surface area contributed by atoms with E-state index in [4.69, 9.17) is 5.73 Å². The Morgan fingerprint density at radius 1 is 1.50 bits per heavy atom. The summed E-state index contributed by atoms with van der Waals surface area (Å²) in [5.74, 6) is -0.168. The summed E-state index contributed by atoms with van der Waals surface area (Å²) in [5.41, 5.74) is 6.18. The smallest absolute Gasteiger partial charge is 0.263 e. The number of hydrogen-bond donors (Lipinski definition) is 3. The van der Waals surface area contributed by atoms with Gasteiger partial charge in [0.1, 0.15) is 4.88 Å². The molecule has 0 aromatic carbocycles. The largest absolute Gasteiger partial charge is 0.397 e. The molecule has 1 heterocycles. The fourth-order valence-electron chi connectivity index (χ4n) is 2.02. The number of carbonyl (C=O) groups excluding carboxylic acids is 1. The maximum absolute atomic E-state index is 11.8. The van der Waals surface area contributed by atoms with Gasteiger partial charge in [0.2, 0.25) is 0 Å². The number of thiophene rings is 1. The van der Waals surface area contributed by atoms with Crippen LogP contribution in [0.25, 0.3) is 0 Å². The molecule has 2 rings (SSSR count). The molecule has 1 aromatic heterocycles. The molecular weight excluding hydrogens is 224 g/mol. The van der Waals surface area contributed by atoms with Gasteiger partial charge in [-0.3, -0.25) is 4.79 Å². The fourth-order valence-corrected chi connectivity index (χ4v) is 2.74. The van der Waals surface area contributed by atoms with Crippen LogP contribution in [0.1, 0.15) is 35.4 Å². The molecule has 1 aliphatic rings. The van der Waals surface area contributed by atoms with Gasteiger partial charge in [-0.15, -0.1) is 11.3 Å². The Hall–Kier alpha value is -1.07. The number of anilines is 1. The van der Waals surface area contributed by atoms with Crippen LogP contribution >= 0.6 is 11.3 Å². The number of rotatable bonds is 2. The quantitative estimate of drug-likeness (QED) is 0.730. The van der Waals surface area contributed by atoms with Crippen molar-refractivity contribution in [1.82, 2.24) is 5.32 Å². The third kappa shape index (κ3) is 2.36. The van der Waals surface area contributed by atoms with Crippen LogP contribution in [0, 0.1) is 0 Å². The number of hydrogen-bond acceptors (Lipinski definition) is 4. The third-order valence-electron chi connectivity index (χ3n) is 2.95. The van der Waals surface area contributed by atoms with Crippen LogP contribution in [-0.4, -0.2) is 23.2 Å². The van der Waals surface area contributed by atoms with Gasteiger partial charge in [0.25, 0.3) is 5.91 Å². The number of nitrogens with one attached hydrogen (secondary N) is 1. The monoisotopic (exact) mass is 240 g/mol. The molecule has 0 spiro atoms. The van der Waals surface area contributed by atoms with Crippen LogP contribution in [0.4, 0.5) is 5.69 Å². The summed E-state index contributed by atoms with van der Waals surface area (Å²) in [6.45, 7) is 0. The molecule has 16 heavy (non-hydrogen) atoms. The van der Waals surface area contributed by atoms with E-state index in [2.05, 4.69) is 5.32 Å². The van der Waals surface area contributed by atoms with Gasteiger partial charge in [0, 0.05) is 0 Å². The first-order chi connectivity index (χ1) is 7.68. The van der Waals surface area contributed by atoms with E-state index in [9.17, 15) is 9.90 Å². The molecule has 1 aromatic rings. The predicted octanol–water partition coefficient (Wildman–Crippen LogP) is 1.36. The molecule has 2 atom stereocenters. The lowest BCUT2D eigenvalue weighted by Crippen LogP contribution is -2.44. The number of amides is 1. The van der Waals surface area contributed by atoms with Crippen LogP contribution < -0.4 is 11.1 Å². The first-order valence-corrected chi connectivity index (χ1v) is 6.38. The highest BCUT2D eigenvalue weighted by Gasteiger charge is 2.25. The van der Waals surface area contributed by atoms with E-state index >= 15 is 0 Å². The van der Waals surface area contributed by atoms with Gasteiger partial charge in [-0.05, 0) is 24.3 Å². The van der Waals surface area contributed by atoms with Gasteiger partial charge < -0.3 is 16.2 Å². The lowest BCUT2D eigenvalue weighted by Gasteiger charge is -2.28. The highest BCUT2D eigenvalue weighted by atomic mass is 32.1. The molecule has 88 valence electrons. The van der Waals surface area contributed by atoms with E-state index < -0.39 is 6.10 Å². The summed E-state index contributed by atoms with van der Waals surface area (Å²) in [5, 5.41) is 14.4. The Labute approximate surface area is 98.5 Å². The van der Waals surface area contributed by atoms with Crippen molar-refractivity contribution in [2.24, 2.45) is 0 Å². The Morgan fingerprint density at radius 2 is 2.25 bits per heavy atom. The Morgan fingerprint density at radius 3 is 2.88 bits per heavy atom. The van der Waals surface area contributed by atoms with Crippen molar-refractivity contribution in [3.05, 3.63) is 16.3 Å². The summed E-state index contributed by atoms with van der Waals surface area (Å²) < 4.78 is 0. The van der Waals surface area contributed by atoms with E-state index in [1.807, 2.05) is 0 Å². The minimum absolute atomic E-state index is 0.122. The Bertz CT molecular complexity index is 378. The van der Waals surface area contributed by atoms with Gasteiger partial charge in [0.05, 0.1) is 17.8 Å². The molecule has 1 fully saturated rings. The van der Waals surface area contributed by atoms with Crippen molar-refractivity contribution >= 4 is 22.9 Å². The van der Waals surface area contributed by atoms with E-state index in [1.54, 1.807) is 11.4 Å².